The Bertz CT molecular complexity index is 1690. The quantitative estimate of drug-likeness (QED) is 0.210. The Balaban J connectivity index is 1.24. The lowest BCUT2D eigenvalue weighted by atomic mass is 9.97. The molecule has 12 heteroatoms. The van der Waals surface area contributed by atoms with Gasteiger partial charge in [-0.3, -0.25) is 24.6 Å². The second kappa shape index (κ2) is 13.4. The van der Waals surface area contributed by atoms with Crippen LogP contribution in [-0.2, 0) is 31.7 Å². The fourth-order valence-corrected chi connectivity index (χ4v) is 6.36. The number of benzene rings is 2. The van der Waals surface area contributed by atoms with Crippen molar-refractivity contribution in [3.63, 3.8) is 0 Å². The number of rotatable bonds is 7. The topological polar surface area (TPSA) is 52.6 Å². The molecule has 1 saturated heterocycles. The monoisotopic (exact) mass is 653 g/mol. The number of carbonyl (C=O) groups excluding carboxylic acids is 1. The lowest BCUT2D eigenvalue weighted by Crippen LogP contribution is -2.57. The Morgan fingerprint density at radius 2 is 1.49 bits per heavy atom. The van der Waals surface area contributed by atoms with E-state index < -0.39 is 35.4 Å². The molecule has 0 aliphatic carbocycles. The number of aromatic nitrogens is 2. The first-order valence-electron chi connectivity index (χ1n) is 15.4. The highest BCUT2D eigenvalue weighted by molar-refractivity contribution is 5.96. The van der Waals surface area contributed by atoms with Crippen molar-refractivity contribution in [2.75, 3.05) is 39.3 Å². The molecule has 47 heavy (non-hydrogen) atoms. The lowest BCUT2D eigenvalue weighted by Gasteiger charge is -2.42. The number of carbonyl (C=O) groups is 1. The number of alkyl halides is 6. The summed E-state index contributed by atoms with van der Waals surface area (Å²) in [6, 6.07) is 14.8. The van der Waals surface area contributed by atoms with Crippen molar-refractivity contribution in [2.45, 2.75) is 37.8 Å². The molecular weight excluding hydrogens is 620 g/mol. The zero-order valence-electron chi connectivity index (χ0n) is 25.4. The number of amides is 1. The summed E-state index contributed by atoms with van der Waals surface area (Å²) >= 11 is 0. The van der Waals surface area contributed by atoms with Gasteiger partial charge in [0, 0.05) is 88.1 Å². The zero-order chi connectivity index (χ0) is 33.2. The maximum atomic E-state index is 14.0. The minimum absolute atomic E-state index is 0.0990. The van der Waals surface area contributed by atoms with Crippen LogP contribution in [0.15, 0.2) is 85.3 Å². The van der Waals surface area contributed by atoms with E-state index in [1.54, 1.807) is 23.2 Å². The number of halogens is 6. The molecule has 1 amide bonds. The van der Waals surface area contributed by atoms with E-state index in [9.17, 15) is 31.1 Å². The smallest absolute Gasteiger partial charge is 0.333 e. The molecule has 0 unspecified atom stereocenters. The third-order valence-electron chi connectivity index (χ3n) is 8.88. The van der Waals surface area contributed by atoms with E-state index in [1.807, 2.05) is 6.07 Å². The van der Waals surface area contributed by atoms with Crippen molar-refractivity contribution < 1.29 is 31.1 Å². The molecule has 6 rings (SSSR count). The van der Waals surface area contributed by atoms with Crippen LogP contribution in [0.2, 0.25) is 0 Å². The van der Waals surface area contributed by atoms with E-state index in [0.717, 1.165) is 56.0 Å². The van der Waals surface area contributed by atoms with Gasteiger partial charge in [0.15, 0.2) is 0 Å². The van der Waals surface area contributed by atoms with Crippen LogP contribution in [0.4, 0.5) is 26.3 Å². The Hall–Kier alpha value is -4.29. The average Bonchev–Trinajstić information content (AvgIpc) is 3.06. The van der Waals surface area contributed by atoms with E-state index in [-0.39, 0.29) is 24.1 Å². The van der Waals surface area contributed by atoms with Crippen LogP contribution in [0.1, 0.15) is 38.3 Å². The summed E-state index contributed by atoms with van der Waals surface area (Å²) in [5.41, 5.74) is 1.82. The number of hydrogen-bond donors (Lipinski definition) is 0. The molecule has 0 radical (unpaired) electrons. The van der Waals surface area contributed by atoms with Crippen LogP contribution < -0.4 is 0 Å². The van der Waals surface area contributed by atoms with Gasteiger partial charge in [-0.15, -0.1) is 0 Å². The van der Waals surface area contributed by atoms with Crippen LogP contribution in [0.25, 0.3) is 11.1 Å². The molecule has 4 heterocycles. The Morgan fingerprint density at radius 1 is 0.766 bits per heavy atom. The molecule has 2 aliphatic heterocycles. The van der Waals surface area contributed by atoms with Gasteiger partial charge in [0.05, 0.1) is 11.1 Å². The molecule has 0 saturated carbocycles. The molecule has 1 fully saturated rings. The summed E-state index contributed by atoms with van der Waals surface area (Å²) in [5.74, 6) is -0.553. The molecule has 6 nitrogen and oxygen atoms in total. The molecule has 246 valence electrons. The minimum Gasteiger partial charge on any atom is -0.333 e. The third-order valence-corrected chi connectivity index (χ3v) is 8.88. The summed E-state index contributed by atoms with van der Waals surface area (Å²) in [6.07, 6.45) is -3.32. The van der Waals surface area contributed by atoms with Gasteiger partial charge in [-0.05, 0) is 77.2 Å². The predicted molar refractivity (Wildman–Crippen MR) is 164 cm³/mol. The number of hydrogen-bond acceptors (Lipinski definition) is 5. The van der Waals surface area contributed by atoms with Gasteiger partial charge in [-0.25, -0.2) is 0 Å². The first-order chi connectivity index (χ1) is 22.4. The van der Waals surface area contributed by atoms with E-state index in [0.29, 0.717) is 30.8 Å². The molecule has 4 aromatic rings. The minimum atomic E-state index is -4.68. The Labute approximate surface area is 268 Å². The predicted octanol–water partition coefficient (Wildman–Crippen LogP) is 6.61. The highest BCUT2D eigenvalue weighted by atomic mass is 19.4. The summed E-state index contributed by atoms with van der Waals surface area (Å²) in [7, 11) is 0. The second-order valence-corrected chi connectivity index (χ2v) is 12.0. The van der Waals surface area contributed by atoms with Crippen LogP contribution in [0.3, 0.4) is 0 Å². The second-order valence-electron chi connectivity index (χ2n) is 12.0. The molecule has 1 atom stereocenters. The summed E-state index contributed by atoms with van der Waals surface area (Å²) in [4.78, 5) is 28.6. The molecular formula is C35H33F6N5O. The number of nitrogens with zero attached hydrogens (tertiary/aromatic N) is 5. The number of pyridine rings is 2. The van der Waals surface area contributed by atoms with Gasteiger partial charge in [0.2, 0.25) is 0 Å². The van der Waals surface area contributed by atoms with Crippen molar-refractivity contribution in [1.29, 1.82) is 0 Å². The van der Waals surface area contributed by atoms with Crippen LogP contribution in [0, 0.1) is 0 Å². The van der Waals surface area contributed by atoms with Crippen molar-refractivity contribution >= 4 is 5.91 Å². The molecule has 2 aromatic heterocycles. The number of piperazine rings is 1. The SMILES string of the molecule is O=C(c1cc(-c2ccncc2)cc(C(F)(F)F)c1)N1CCN(CCN2CCc3ncccc3C2)C[C@H]1Cc1ccc(C(F)(F)F)cc1. The lowest BCUT2D eigenvalue weighted by molar-refractivity contribution is -0.138. The molecule has 0 bridgehead atoms. The molecule has 2 aliphatic rings. The maximum absolute atomic E-state index is 14.0. The Morgan fingerprint density at radius 3 is 2.21 bits per heavy atom. The highest BCUT2D eigenvalue weighted by Gasteiger charge is 2.36. The van der Waals surface area contributed by atoms with E-state index >= 15 is 0 Å². The van der Waals surface area contributed by atoms with Gasteiger partial charge >= 0.3 is 12.4 Å². The van der Waals surface area contributed by atoms with Crippen LogP contribution >= 0.6 is 0 Å². The Kier molecular flexibility index (Phi) is 9.34. The molecule has 0 spiro atoms. The molecule has 0 N–H and O–H groups in total. The van der Waals surface area contributed by atoms with Gasteiger partial charge in [0.1, 0.15) is 0 Å². The fourth-order valence-electron chi connectivity index (χ4n) is 6.36. The van der Waals surface area contributed by atoms with Crippen molar-refractivity contribution in [1.82, 2.24) is 24.7 Å². The van der Waals surface area contributed by atoms with Crippen molar-refractivity contribution in [2.24, 2.45) is 0 Å². The van der Waals surface area contributed by atoms with Crippen LogP contribution in [-0.4, -0.2) is 75.9 Å². The average molecular weight is 654 g/mol. The highest BCUT2D eigenvalue weighted by Crippen LogP contribution is 2.34. The van der Waals surface area contributed by atoms with Gasteiger partial charge in [0.25, 0.3) is 5.91 Å². The zero-order valence-corrected chi connectivity index (χ0v) is 25.4. The van der Waals surface area contributed by atoms with Gasteiger partial charge < -0.3 is 4.90 Å². The summed E-state index contributed by atoms with van der Waals surface area (Å²) in [6.45, 7) is 4.33. The van der Waals surface area contributed by atoms with E-state index in [1.165, 1.54) is 36.2 Å². The standard InChI is InChI=1S/C35H33F6N5O/c36-34(37,38)29-5-3-24(4-6-29)18-31-23-45(15-14-44-13-9-32-26(22-44)2-1-10-43-32)16-17-46(31)33(47)28-19-27(25-7-11-42-12-8-25)20-30(21-28)35(39,40)41/h1-8,10-12,19-21,31H,9,13-18,22-23H2/t31-/m1/s1. The largest absolute Gasteiger partial charge is 0.416 e. The fraction of sp³-hybridized carbons (Fsp3) is 0.343. The summed E-state index contributed by atoms with van der Waals surface area (Å²) in [5, 5.41) is 0. The van der Waals surface area contributed by atoms with E-state index in [2.05, 4.69) is 25.8 Å². The van der Waals surface area contributed by atoms with Gasteiger partial charge in [-0.2, -0.15) is 26.3 Å². The maximum Gasteiger partial charge on any atom is 0.416 e. The first-order valence-corrected chi connectivity index (χ1v) is 15.4. The summed E-state index contributed by atoms with van der Waals surface area (Å²) < 4.78 is 81.6. The number of fused-ring (bicyclic) bond motifs is 1. The van der Waals surface area contributed by atoms with E-state index in [4.69, 9.17) is 0 Å². The van der Waals surface area contributed by atoms with Crippen molar-refractivity contribution in [3.8, 4) is 11.1 Å². The molecule has 2 aromatic carbocycles. The normalized spacial score (nSPS) is 17.8. The first kappa shape index (κ1) is 32.6. The third kappa shape index (κ3) is 7.82. The van der Waals surface area contributed by atoms with Crippen molar-refractivity contribution in [3.05, 3.63) is 119 Å². The van der Waals surface area contributed by atoms with Crippen LogP contribution in [0.5, 0.6) is 0 Å². The van der Waals surface area contributed by atoms with Gasteiger partial charge in [-0.1, -0.05) is 18.2 Å².